The normalized spacial score (nSPS) is 9.84. The number of nitrogens with zero attached hydrogens (tertiary/aromatic N) is 1. The first-order valence-electron chi connectivity index (χ1n) is 5.30. The van der Waals surface area contributed by atoms with E-state index in [0.29, 0.717) is 0 Å². The van der Waals surface area contributed by atoms with Crippen molar-refractivity contribution in [2.75, 3.05) is 11.9 Å². The number of nitrogens with one attached hydrogen (secondary N) is 1. The van der Waals surface area contributed by atoms with Crippen molar-refractivity contribution in [1.82, 2.24) is 0 Å². The standard InChI is InChI=1S/C11H11ClN2O5/c1-3-19-11(16)7-4-5-8(12)9(13-6(2)15)10(7)14(17)18/h4-5H,3H2,1-2H3,(H,13,15). The van der Waals surface area contributed by atoms with E-state index in [4.69, 9.17) is 16.3 Å². The first kappa shape index (κ1) is 14.9. The summed E-state index contributed by atoms with van der Waals surface area (Å²) in [7, 11) is 0. The molecule has 0 spiro atoms. The molecular formula is C11H11ClN2O5. The zero-order valence-corrected chi connectivity index (χ0v) is 11.0. The van der Waals surface area contributed by atoms with Gasteiger partial charge < -0.3 is 10.1 Å². The summed E-state index contributed by atoms with van der Waals surface area (Å²) in [5, 5.41) is 13.3. The lowest BCUT2D eigenvalue weighted by atomic mass is 10.1. The van der Waals surface area contributed by atoms with Crippen LogP contribution in [0.25, 0.3) is 0 Å². The molecule has 102 valence electrons. The predicted molar refractivity (Wildman–Crippen MR) is 68.4 cm³/mol. The van der Waals surface area contributed by atoms with Gasteiger partial charge in [0.1, 0.15) is 11.3 Å². The van der Waals surface area contributed by atoms with E-state index >= 15 is 0 Å². The van der Waals surface area contributed by atoms with Gasteiger partial charge in [-0.1, -0.05) is 11.6 Å². The number of benzene rings is 1. The fourth-order valence-corrected chi connectivity index (χ4v) is 1.62. The number of hydrogen-bond donors (Lipinski definition) is 1. The lowest BCUT2D eigenvalue weighted by molar-refractivity contribution is -0.384. The molecule has 8 heteroatoms. The van der Waals surface area contributed by atoms with Gasteiger partial charge in [0.15, 0.2) is 0 Å². The van der Waals surface area contributed by atoms with Crippen LogP contribution in [0.2, 0.25) is 5.02 Å². The number of rotatable bonds is 4. The van der Waals surface area contributed by atoms with Crippen molar-refractivity contribution < 1.29 is 19.2 Å². The Kier molecular flexibility index (Phi) is 4.82. The molecule has 0 heterocycles. The molecule has 7 nitrogen and oxygen atoms in total. The largest absolute Gasteiger partial charge is 0.462 e. The molecule has 0 aliphatic carbocycles. The molecule has 1 aromatic carbocycles. The summed E-state index contributed by atoms with van der Waals surface area (Å²) in [6.45, 7) is 2.83. The first-order chi connectivity index (χ1) is 8.88. The number of nitro benzene ring substituents is 1. The van der Waals surface area contributed by atoms with Gasteiger partial charge in [-0.15, -0.1) is 0 Å². The average Bonchev–Trinajstić information content (AvgIpc) is 2.30. The van der Waals surface area contributed by atoms with E-state index in [-0.39, 0.29) is 22.9 Å². The Bertz CT molecular complexity index is 544. The number of nitro groups is 1. The number of ether oxygens (including phenoxy) is 1. The molecular weight excluding hydrogens is 276 g/mol. The Morgan fingerprint density at radius 3 is 2.58 bits per heavy atom. The van der Waals surface area contributed by atoms with Gasteiger partial charge in [-0.25, -0.2) is 4.79 Å². The van der Waals surface area contributed by atoms with E-state index in [1.807, 2.05) is 0 Å². The van der Waals surface area contributed by atoms with Crippen LogP contribution in [0.4, 0.5) is 11.4 Å². The van der Waals surface area contributed by atoms with Crippen LogP contribution in [0, 0.1) is 10.1 Å². The van der Waals surface area contributed by atoms with Crippen LogP contribution in [-0.2, 0) is 9.53 Å². The fourth-order valence-electron chi connectivity index (χ4n) is 1.42. The fraction of sp³-hybridized carbons (Fsp3) is 0.273. The highest BCUT2D eigenvalue weighted by molar-refractivity contribution is 6.34. The summed E-state index contributed by atoms with van der Waals surface area (Å²) in [5.74, 6) is -1.39. The third-order valence-electron chi connectivity index (χ3n) is 2.11. The highest BCUT2D eigenvalue weighted by Crippen LogP contribution is 2.35. The van der Waals surface area contributed by atoms with Gasteiger partial charge in [-0.05, 0) is 19.1 Å². The minimum atomic E-state index is -0.850. The summed E-state index contributed by atoms with van der Waals surface area (Å²) in [6, 6.07) is 2.47. The molecule has 0 bridgehead atoms. The van der Waals surface area contributed by atoms with Crippen molar-refractivity contribution in [3.8, 4) is 0 Å². The smallest absolute Gasteiger partial charge is 0.345 e. The van der Waals surface area contributed by atoms with Crippen LogP contribution in [0.5, 0.6) is 0 Å². The SMILES string of the molecule is CCOC(=O)c1ccc(Cl)c(NC(C)=O)c1[N+](=O)[O-]. The number of halogens is 1. The van der Waals surface area contributed by atoms with Gasteiger partial charge in [0.05, 0.1) is 16.6 Å². The monoisotopic (exact) mass is 286 g/mol. The lowest BCUT2D eigenvalue weighted by Crippen LogP contribution is -2.13. The molecule has 0 saturated heterocycles. The van der Waals surface area contributed by atoms with E-state index in [9.17, 15) is 19.7 Å². The molecule has 19 heavy (non-hydrogen) atoms. The van der Waals surface area contributed by atoms with Crippen LogP contribution < -0.4 is 5.32 Å². The molecule has 1 aromatic rings. The molecule has 0 unspecified atom stereocenters. The molecule has 0 atom stereocenters. The molecule has 1 amide bonds. The third-order valence-corrected chi connectivity index (χ3v) is 2.42. The quantitative estimate of drug-likeness (QED) is 0.520. The molecule has 0 aromatic heterocycles. The van der Waals surface area contributed by atoms with Crippen LogP contribution in [0.1, 0.15) is 24.2 Å². The highest BCUT2D eigenvalue weighted by Gasteiger charge is 2.28. The summed E-state index contributed by atoms with van der Waals surface area (Å²) < 4.78 is 4.72. The van der Waals surface area contributed by atoms with Gasteiger partial charge in [0.25, 0.3) is 0 Å². The Labute approximate surface area is 113 Å². The molecule has 0 radical (unpaired) electrons. The Hall–Kier alpha value is -2.15. The maximum atomic E-state index is 11.6. The van der Waals surface area contributed by atoms with Gasteiger partial charge in [0, 0.05) is 6.92 Å². The Morgan fingerprint density at radius 1 is 1.47 bits per heavy atom. The van der Waals surface area contributed by atoms with E-state index in [0.717, 1.165) is 0 Å². The number of carbonyl (C=O) groups excluding carboxylic acids is 2. The van der Waals surface area contributed by atoms with E-state index in [1.54, 1.807) is 6.92 Å². The van der Waals surface area contributed by atoms with E-state index in [1.165, 1.54) is 19.1 Å². The topological polar surface area (TPSA) is 98.5 Å². The summed E-state index contributed by atoms with van der Waals surface area (Å²) in [4.78, 5) is 33.0. The number of carbonyl (C=O) groups is 2. The van der Waals surface area contributed by atoms with Crippen LogP contribution >= 0.6 is 11.6 Å². The zero-order chi connectivity index (χ0) is 14.6. The molecule has 0 fully saturated rings. The number of anilines is 1. The number of hydrogen-bond acceptors (Lipinski definition) is 5. The van der Waals surface area contributed by atoms with Gasteiger partial charge in [-0.3, -0.25) is 14.9 Å². The predicted octanol–water partition coefficient (Wildman–Crippen LogP) is 2.38. The first-order valence-corrected chi connectivity index (χ1v) is 5.67. The second-order valence-electron chi connectivity index (χ2n) is 3.48. The highest BCUT2D eigenvalue weighted by atomic mass is 35.5. The van der Waals surface area contributed by atoms with Crippen molar-refractivity contribution >= 4 is 34.9 Å². The Balaban J connectivity index is 3.44. The third kappa shape index (κ3) is 3.41. The summed E-state index contributed by atoms with van der Waals surface area (Å²) in [5.41, 5.74) is -1.06. The van der Waals surface area contributed by atoms with E-state index in [2.05, 4.69) is 5.32 Å². The molecule has 1 rings (SSSR count). The molecule has 0 saturated carbocycles. The van der Waals surface area contributed by atoms with Crippen molar-refractivity contribution in [2.24, 2.45) is 0 Å². The minimum absolute atomic E-state index is 0.0325. The van der Waals surface area contributed by atoms with Gasteiger partial charge >= 0.3 is 11.7 Å². The lowest BCUT2D eigenvalue weighted by Gasteiger charge is -2.09. The van der Waals surface area contributed by atoms with Gasteiger partial charge in [0.2, 0.25) is 5.91 Å². The van der Waals surface area contributed by atoms with Crippen molar-refractivity contribution in [2.45, 2.75) is 13.8 Å². The maximum absolute atomic E-state index is 11.6. The van der Waals surface area contributed by atoms with Crippen molar-refractivity contribution in [1.29, 1.82) is 0 Å². The second kappa shape index (κ2) is 6.14. The number of amides is 1. The number of esters is 1. The van der Waals surface area contributed by atoms with Crippen molar-refractivity contribution in [3.05, 3.63) is 32.8 Å². The minimum Gasteiger partial charge on any atom is -0.462 e. The summed E-state index contributed by atoms with van der Waals surface area (Å²) >= 11 is 5.80. The average molecular weight is 287 g/mol. The maximum Gasteiger partial charge on any atom is 0.345 e. The second-order valence-corrected chi connectivity index (χ2v) is 3.88. The molecule has 0 aliphatic rings. The van der Waals surface area contributed by atoms with Crippen LogP contribution in [0.3, 0.4) is 0 Å². The zero-order valence-electron chi connectivity index (χ0n) is 10.2. The molecule has 0 aliphatic heterocycles. The van der Waals surface area contributed by atoms with Crippen molar-refractivity contribution in [3.63, 3.8) is 0 Å². The van der Waals surface area contributed by atoms with Crippen LogP contribution in [0.15, 0.2) is 12.1 Å². The Morgan fingerprint density at radius 2 is 2.11 bits per heavy atom. The van der Waals surface area contributed by atoms with Gasteiger partial charge in [-0.2, -0.15) is 0 Å². The molecule has 1 N–H and O–H groups in total. The van der Waals surface area contributed by atoms with Crippen LogP contribution in [-0.4, -0.2) is 23.4 Å². The summed E-state index contributed by atoms with van der Waals surface area (Å²) in [6.07, 6.45) is 0. The van der Waals surface area contributed by atoms with E-state index < -0.39 is 22.5 Å².